The van der Waals surface area contributed by atoms with Crippen molar-refractivity contribution in [1.29, 1.82) is 0 Å². The molecule has 2 aromatic carbocycles. The van der Waals surface area contributed by atoms with Crippen molar-refractivity contribution in [1.82, 2.24) is 4.98 Å². The smallest absolute Gasteiger partial charge is 0.128 e. The van der Waals surface area contributed by atoms with Crippen LogP contribution in [0.5, 0.6) is 0 Å². The van der Waals surface area contributed by atoms with Crippen LogP contribution in [0.1, 0.15) is 31.2 Å². The normalized spacial score (nSPS) is 20.0. The Labute approximate surface area is 164 Å². The van der Waals surface area contributed by atoms with Crippen LogP contribution in [0.15, 0.2) is 48.7 Å². The van der Waals surface area contributed by atoms with E-state index < -0.39 is 0 Å². The zero-order valence-corrected chi connectivity index (χ0v) is 16.1. The van der Waals surface area contributed by atoms with E-state index in [1.54, 1.807) is 19.2 Å². The second-order valence-corrected chi connectivity index (χ2v) is 7.80. The van der Waals surface area contributed by atoms with Gasteiger partial charge in [-0.05, 0) is 74.6 Å². The number of halogens is 2. The summed E-state index contributed by atoms with van der Waals surface area (Å²) in [7, 11) is 0. The van der Waals surface area contributed by atoms with E-state index in [0.29, 0.717) is 10.6 Å². The van der Waals surface area contributed by atoms with Crippen LogP contribution in [-0.4, -0.2) is 17.1 Å². The Kier molecular flexibility index (Phi) is 5.02. The summed E-state index contributed by atoms with van der Waals surface area (Å²) in [5, 5.41) is 1.67. The molecular formula is C22H23ClFN3. The van der Waals surface area contributed by atoms with Crippen LogP contribution in [0.4, 0.5) is 15.8 Å². The number of anilines is 2. The van der Waals surface area contributed by atoms with Gasteiger partial charge in [-0.3, -0.25) is 4.98 Å². The molecule has 1 saturated carbocycles. The van der Waals surface area contributed by atoms with Gasteiger partial charge < -0.3 is 10.6 Å². The lowest BCUT2D eigenvalue weighted by Gasteiger charge is -2.38. The molecule has 1 fully saturated rings. The molecule has 3 nitrogen and oxygen atoms in total. The summed E-state index contributed by atoms with van der Waals surface area (Å²) in [5.74, 6) is -0.189. The molecule has 1 aliphatic carbocycles. The van der Waals surface area contributed by atoms with Gasteiger partial charge in [0.1, 0.15) is 5.82 Å². The molecule has 0 bridgehead atoms. The number of hydrogen-bond donors (Lipinski definition) is 1. The third-order valence-corrected chi connectivity index (χ3v) is 5.72. The number of aromatic nitrogens is 1. The molecule has 1 heterocycles. The van der Waals surface area contributed by atoms with E-state index in [1.165, 1.54) is 0 Å². The molecule has 3 aromatic rings. The fourth-order valence-electron chi connectivity index (χ4n) is 3.95. The summed E-state index contributed by atoms with van der Waals surface area (Å²) in [4.78, 5) is 6.72. The largest absolute Gasteiger partial charge is 0.338 e. The topological polar surface area (TPSA) is 42.2 Å². The van der Waals surface area contributed by atoms with Crippen molar-refractivity contribution < 1.29 is 4.39 Å². The number of pyridine rings is 1. The Morgan fingerprint density at radius 2 is 1.85 bits per heavy atom. The maximum atomic E-state index is 14.4. The van der Waals surface area contributed by atoms with Crippen LogP contribution >= 0.6 is 11.6 Å². The lowest BCUT2D eigenvalue weighted by atomic mass is 9.89. The van der Waals surface area contributed by atoms with Crippen LogP contribution in [0.2, 0.25) is 5.02 Å². The first-order chi connectivity index (χ1) is 13.0. The van der Waals surface area contributed by atoms with Gasteiger partial charge in [0.15, 0.2) is 0 Å². The maximum absolute atomic E-state index is 14.4. The SMILES string of the molecule is Cc1ccc(N(c2ccnc3cc(Cl)ccc23)C2CCC(N)CC2)cc1F. The third kappa shape index (κ3) is 3.64. The van der Waals surface area contributed by atoms with Gasteiger partial charge >= 0.3 is 0 Å². The number of nitrogens with zero attached hydrogens (tertiary/aromatic N) is 2. The molecule has 0 unspecified atom stereocenters. The third-order valence-electron chi connectivity index (χ3n) is 5.48. The van der Waals surface area contributed by atoms with Crippen LogP contribution in [0, 0.1) is 12.7 Å². The molecule has 2 N–H and O–H groups in total. The predicted molar refractivity (Wildman–Crippen MR) is 110 cm³/mol. The second-order valence-electron chi connectivity index (χ2n) is 7.36. The Morgan fingerprint density at radius 3 is 2.59 bits per heavy atom. The van der Waals surface area contributed by atoms with Crippen molar-refractivity contribution >= 4 is 33.9 Å². The Balaban J connectivity index is 1.86. The molecule has 0 saturated heterocycles. The van der Waals surface area contributed by atoms with Gasteiger partial charge in [-0.25, -0.2) is 4.39 Å². The monoisotopic (exact) mass is 383 g/mol. The van der Waals surface area contributed by atoms with Crippen molar-refractivity contribution in [2.75, 3.05) is 4.90 Å². The summed E-state index contributed by atoms with van der Waals surface area (Å²) in [6.45, 7) is 1.78. The summed E-state index contributed by atoms with van der Waals surface area (Å²) >= 11 is 6.15. The minimum atomic E-state index is -0.189. The molecule has 4 rings (SSSR count). The number of aryl methyl sites for hydroxylation is 1. The zero-order valence-electron chi connectivity index (χ0n) is 15.3. The number of rotatable bonds is 3. The van der Waals surface area contributed by atoms with E-state index in [0.717, 1.165) is 48.0 Å². The van der Waals surface area contributed by atoms with Gasteiger partial charge in [0.05, 0.1) is 11.2 Å². The van der Waals surface area contributed by atoms with E-state index in [-0.39, 0.29) is 17.9 Å². The van der Waals surface area contributed by atoms with Gasteiger partial charge in [0.25, 0.3) is 0 Å². The summed E-state index contributed by atoms with van der Waals surface area (Å²) in [6.07, 6.45) is 5.71. The number of hydrogen-bond acceptors (Lipinski definition) is 3. The van der Waals surface area contributed by atoms with Gasteiger partial charge in [-0.15, -0.1) is 0 Å². The Morgan fingerprint density at radius 1 is 1.07 bits per heavy atom. The maximum Gasteiger partial charge on any atom is 0.128 e. The highest BCUT2D eigenvalue weighted by Crippen LogP contribution is 2.38. The van der Waals surface area contributed by atoms with Crippen LogP contribution < -0.4 is 10.6 Å². The number of fused-ring (bicyclic) bond motifs is 1. The molecule has 5 heteroatoms. The first-order valence-corrected chi connectivity index (χ1v) is 9.76. The van der Waals surface area contributed by atoms with Gasteiger partial charge in [-0.1, -0.05) is 17.7 Å². The average Bonchev–Trinajstić information content (AvgIpc) is 2.66. The van der Waals surface area contributed by atoms with Crippen molar-refractivity contribution in [2.45, 2.75) is 44.7 Å². The van der Waals surface area contributed by atoms with Crippen LogP contribution in [-0.2, 0) is 0 Å². The molecular weight excluding hydrogens is 361 g/mol. The van der Waals surface area contributed by atoms with Gasteiger partial charge in [0.2, 0.25) is 0 Å². The molecule has 27 heavy (non-hydrogen) atoms. The van der Waals surface area contributed by atoms with Crippen LogP contribution in [0.3, 0.4) is 0 Å². The molecule has 0 aliphatic heterocycles. The fourth-order valence-corrected chi connectivity index (χ4v) is 4.12. The summed E-state index contributed by atoms with van der Waals surface area (Å²) in [5.41, 5.74) is 9.50. The molecule has 0 spiro atoms. The van der Waals surface area contributed by atoms with Crippen molar-refractivity contribution in [3.8, 4) is 0 Å². The predicted octanol–water partition coefficient (Wildman–Crippen LogP) is 5.74. The van der Waals surface area contributed by atoms with Gasteiger partial charge in [-0.2, -0.15) is 0 Å². The van der Waals surface area contributed by atoms with E-state index in [9.17, 15) is 4.39 Å². The fraction of sp³-hybridized carbons (Fsp3) is 0.318. The first kappa shape index (κ1) is 18.2. The molecule has 140 valence electrons. The van der Waals surface area contributed by atoms with E-state index in [1.807, 2.05) is 36.4 Å². The quantitative estimate of drug-likeness (QED) is 0.626. The summed E-state index contributed by atoms with van der Waals surface area (Å²) in [6, 6.07) is 13.7. The number of benzene rings is 2. The minimum absolute atomic E-state index is 0.189. The zero-order chi connectivity index (χ0) is 19.0. The average molecular weight is 384 g/mol. The highest BCUT2D eigenvalue weighted by Gasteiger charge is 2.27. The molecule has 0 radical (unpaired) electrons. The van der Waals surface area contributed by atoms with Crippen LogP contribution in [0.25, 0.3) is 10.9 Å². The molecule has 0 atom stereocenters. The summed E-state index contributed by atoms with van der Waals surface area (Å²) < 4.78 is 14.4. The van der Waals surface area contributed by atoms with Gasteiger partial charge in [0, 0.05) is 34.4 Å². The first-order valence-electron chi connectivity index (χ1n) is 9.38. The van der Waals surface area contributed by atoms with E-state index >= 15 is 0 Å². The standard InChI is InChI=1S/C22H23ClFN3/c1-14-2-6-18(13-20(14)24)27(17-7-4-16(25)5-8-17)22-10-11-26-21-12-15(23)3-9-19(21)22/h2-3,6,9-13,16-17H,4-5,7-8,25H2,1H3. The highest BCUT2D eigenvalue weighted by atomic mass is 35.5. The lowest BCUT2D eigenvalue weighted by molar-refractivity contribution is 0.391. The van der Waals surface area contributed by atoms with E-state index in [4.69, 9.17) is 17.3 Å². The lowest BCUT2D eigenvalue weighted by Crippen LogP contribution is -2.38. The Hall–Kier alpha value is -2.17. The second kappa shape index (κ2) is 7.45. The van der Waals surface area contributed by atoms with Crippen molar-refractivity contribution in [2.24, 2.45) is 5.73 Å². The Bertz CT molecular complexity index is 967. The van der Waals surface area contributed by atoms with Crippen molar-refractivity contribution in [3.05, 3.63) is 65.1 Å². The minimum Gasteiger partial charge on any atom is -0.338 e. The van der Waals surface area contributed by atoms with E-state index in [2.05, 4.69) is 9.88 Å². The molecule has 1 aromatic heterocycles. The number of nitrogens with two attached hydrogens (primary N) is 1. The highest BCUT2D eigenvalue weighted by molar-refractivity contribution is 6.31. The molecule has 0 amide bonds. The van der Waals surface area contributed by atoms with Crippen molar-refractivity contribution in [3.63, 3.8) is 0 Å². The molecule has 1 aliphatic rings.